The number of piperidine rings is 2. The molecule has 6 aromatic rings. The summed E-state index contributed by atoms with van der Waals surface area (Å²) in [6.07, 6.45) is -4.77. The molecule has 0 spiro atoms. The van der Waals surface area contributed by atoms with E-state index in [0.717, 1.165) is 67.0 Å². The summed E-state index contributed by atoms with van der Waals surface area (Å²) >= 11 is 3.41. The summed E-state index contributed by atoms with van der Waals surface area (Å²) in [4.78, 5) is 29.4. The number of carbonyl (C=O) groups is 2. The first-order valence-electron chi connectivity index (χ1n) is 20.8. The van der Waals surface area contributed by atoms with Crippen LogP contribution in [-0.4, -0.2) is 65.0 Å². The molecule has 2 unspecified atom stereocenters. The molecule has 2 amide bonds. The van der Waals surface area contributed by atoms with Crippen molar-refractivity contribution < 1.29 is 46.0 Å². The van der Waals surface area contributed by atoms with E-state index in [-0.39, 0.29) is 17.4 Å². The first kappa shape index (κ1) is 47.8. The molecule has 332 valence electrons. The van der Waals surface area contributed by atoms with E-state index in [2.05, 4.69) is 52.3 Å². The highest BCUT2D eigenvalue weighted by Gasteiger charge is 2.36. The maximum Gasteiger partial charge on any atom is 0.489 e. The second kappa shape index (κ2) is 21.8. The summed E-state index contributed by atoms with van der Waals surface area (Å²) in [5.74, 6) is 0.829. The van der Waals surface area contributed by atoms with E-state index >= 15 is 0 Å². The van der Waals surface area contributed by atoms with Crippen molar-refractivity contribution in [3.63, 3.8) is 0 Å². The molecular formula is C50H46BBrF6N2O4. The third-order valence-corrected chi connectivity index (χ3v) is 11.8. The normalized spacial score (nSPS) is 16.4. The van der Waals surface area contributed by atoms with Crippen LogP contribution >= 0.6 is 15.9 Å². The molecule has 0 aromatic heterocycles. The van der Waals surface area contributed by atoms with Crippen molar-refractivity contribution in [2.45, 2.75) is 49.9 Å². The summed E-state index contributed by atoms with van der Waals surface area (Å²) in [7, 11) is -2.10. The van der Waals surface area contributed by atoms with Crippen LogP contribution in [-0.2, 0) is 12.4 Å². The van der Waals surface area contributed by atoms with E-state index in [1.807, 2.05) is 58.3 Å². The zero-order chi connectivity index (χ0) is 45.9. The minimum absolute atomic E-state index is 0.0775. The quantitative estimate of drug-likeness (QED) is 0.129. The molecule has 2 heterocycles. The number of benzene rings is 6. The van der Waals surface area contributed by atoms with Crippen LogP contribution in [0, 0.1) is 0 Å². The number of nitrogens with zero attached hydrogens (tertiary/aromatic N) is 2. The lowest BCUT2D eigenvalue weighted by atomic mass is 9.77. The number of amides is 2. The number of hydrogen-bond donors (Lipinski definition) is 2. The fraction of sp³-hybridized carbons (Fsp3) is 0.240. The molecule has 64 heavy (non-hydrogen) atoms. The van der Waals surface area contributed by atoms with Gasteiger partial charge in [-0.25, -0.2) is 0 Å². The van der Waals surface area contributed by atoms with E-state index in [1.54, 1.807) is 30.3 Å². The minimum atomic E-state index is -4.56. The third-order valence-electron chi connectivity index (χ3n) is 11.3. The predicted octanol–water partition coefficient (Wildman–Crippen LogP) is 11.2. The molecule has 0 saturated carbocycles. The monoisotopic (exact) mass is 942 g/mol. The third kappa shape index (κ3) is 12.7. The van der Waals surface area contributed by atoms with Crippen LogP contribution in [0.25, 0.3) is 11.1 Å². The highest BCUT2D eigenvalue weighted by atomic mass is 79.9. The van der Waals surface area contributed by atoms with Gasteiger partial charge in [-0.05, 0) is 95.9 Å². The maximum atomic E-state index is 13.3. The van der Waals surface area contributed by atoms with Crippen LogP contribution < -0.4 is 5.46 Å². The zero-order valence-electron chi connectivity index (χ0n) is 34.7. The topological polar surface area (TPSA) is 81.1 Å². The lowest BCUT2D eigenvalue weighted by Crippen LogP contribution is -2.39. The van der Waals surface area contributed by atoms with Gasteiger partial charge in [0.2, 0.25) is 0 Å². The van der Waals surface area contributed by atoms with Gasteiger partial charge in [-0.15, -0.1) is 0 Å². The smallest absolute Gasteiger partial charge is 0.423 e. The number of halogens is 7. The highest BCUT2D eigenvalue weighted by Crippen LogP contribution is 2.37. The second-order valence-electron chi connectivity index (χ2n) is 15.6. The van der Waals surface area contributed by atoms with Gasteiger partial charge in [-0.1, -0.05) is 131 Å². The van der Waals surface area contributed by atoms with Gasteiger partial charge < -0.3 is 19.8 Å². The van der Waals surface area contributed by atoms with Crippen LogP contribution in [0.15, 0.2) is 162 Å². The van der Waals surface area contributed by atoms with Gasteiger partial charge in [0.15, 0.2) is 0 Å². The summed E-state index contributed by atoms with van der Waals surface area (Å²) in [5, 5.41) is 17.2. The van der Waals surface area contributed by atoms with Crippen LogP contribution in [0.3, 0.4) is 0 Å². The number of carbonyl (C=O) groups excluding carboxylic acids is 2. The molecule has 0 bridgehead atoms. The van der Waals surface area contributed by atoms with Crippen LogP contribution in [0.1, 0.15) is 80.5 Å². The average Bonchev–Trinajstić information content (AvgIpc) is 3.32. The Kier molecular flexibility index (Phi) is 16.3. The standard InChI is InChI=1S/C25H22F3NO.C18H18BrNO.C7H6BF3O2/c26-25(27,28)23-11-5-4-10-22(23)19-12-14-20(15-13-19)24(30)29-16-6-9-21(17-29)18-7-2-1-3-8-18;19-17-10-8-15(9-11-17)18(21)20-12-4-7-16(13-20)14-5-2-1-3-6-14;9-7(10,11)5-3-1-2-4-6(5)8(12)13/h1-5,7-8,10-15,21H,6,9,16-17H2;1-3,5-6,8-11,16H,4,7,12-13H2;1-4,12-13H. The predicted molar refractivity (Wildman–Crippen MR) is 241 cm³/mol. The lowest BCUT2D eigenvalue weighted by Gasteiger charge is -2.33. The van der Waals surface area contributed by atoms with Crippen molar-refractivity contribution in [3.8, 4) is 11.1 Å². The zero-order valence-corrected chi connectivity index (χ0v) is 36.2. The number of rotatable bonds is 6. The molecular weight excluding hydrogens is 897 g/mol. The molecule has 2 fully saturated rings. The fourth-order valence-electron chi connectivity index (χ4n) is 8.03. The Labute approximate surface area is 377 Å². The van der Waals surface area contributed by atoms with Gasteiger partial charge in [-0.3, -0.25) is 9.59 Å². The summed E-state index contributed by atoms with van der Waals surface area (Å²) in [6, 6.07) is 44.6. The molecule has 6 nitrogen and oxygen atoms in total. The second-order valence-corrected chi connectivity index (χ2v) is 16.5. The lowest BCUT2D eigenvalue weighted by molar-refractivity contribution is -0.137. The summed E-state index contributed by atoms with van der Waals surface area (Å²) in [6.45, 7) is 3.03. The van der Waals surface area contributed by atoms with Crippen molar-refractivity contribution in [1.29, 1.82) is 0 Å². The Hall–Kier alpha value is -5.70. The largest absolute Gasteiger partial charge is 0.489 e. The molecule has 2 saturated heterocycles. The molecule has 6 aromatic carbocycles. The van der Waals surface area contributed by atoms with Crippen LogP contribution in [0.4, 0.5) is 26.3 Å². The molecule has 0 radical (unpaired) electrons. The Morgan fingerprint density at radius 3 is 1.38 bits per heavy atom. The summed E-state index contributed by atoms with van der Waals surface area (Å²) in [5.41, 5.74) is 2.17. The van der Waals surface area contributed by atoms with Crippen molar-refractivity contribution in [2.75, 3.05) is 26.2 Å². The van der Waals surface area contributed by atoms with Crippen LogP contribution in [0.5, 0.6) is 0 Å². The molecule has 8 rings (SSSR count). The van der Waals surface area contributed by atoms with Gasteiger partial charge >= 0.3 is 19.5 Å². The van der Waals surface area contributed by atoms with E-state index in [4.69, 9.17) is 10.0 Å². The van der Waals surface area contributed by atoms with Crippen LogP contribution in [0.2, 0.25) is 0 Å². The van der Waals surface area contributed by atoms with Gasteiger partial charge in [0.05, 0.1) is 11.1 Å². The SMILES string of the molecule is O=C(c1ccc(-c2ccccc2C(F)(F)F)cc1)N1CCCC(c2ccccc2)C1.O=C(c1ccc(Br)cc1)N1CCCC(c2ccccc2)C1.OB(O)c1ccccc1C(F)(F)F. The highest BCUT2D eigenvalue weighted by molar-refractivity contribution is 9.10. The van der Waals surface area contributed by atoms with Crippen molar-refractivity contribution >= 4 is 40.3 Å². The Morgan fingerprint density at radius 2 is 0.938 bits per heavy atom. The van der Waals surface area contributed by atoms with Gasteiger partial charge in [-0.2, -0.15) is 26.3 Å². The van der Waals surface area contributed by atoms with E-state index in [1.165, 1.54) is 35.4 Å². The Bertz CT molecular complexity index is 2440. The van der Waals surface area contributed by atoms with Crippen molar-refractivity contribution in [2.24, 2.45) is 0 Å². The summed E-state index contributed by atoms with van der Waals surface area (Å²) < 4.78 is 77.5. The molecule has 2 N–H and O–H groups in total. The average molecular weight is 944 g/mol. The van der Waals surface area contributed by atoms with Gasteiger partial charge in [0.25, 0.3) is 11.8 Å². The first-order chi connectivity index (χ1) is 30.6. The van der Waals surface area contributed by atoms with E-state index < -0.39 is 36.1 Å². The maximum absolute atomic E-state index is 13.3. The fourth-order valence-corrected chi connectivity index (χ4v) is 8.29. The Morgan fingerprint density at radius 1 is 0.531 bits per heavy atom. The first-order valence-corrected chi connectivity index (χ1v) is 21.6. The number of likely N-dealkylation sites (tertiary alicyclic amines) is 2. The molecule has 2 aliphatic rings. The van der Waals surface area contributed by atoms with Crippen molar-refractivity contribution in [3.05, 3.63) is 196 Å². The molecule has 2 aliphatic heterocycles. The molecule has 14 heteroatoms. The van der Waals surface area contributed by atoms with Gasteiger partial charge in [0.1, 0.15) is 0 Å². The minimum Gasteiger partial charge on any atom is -0.423 e. The Balaban J connectivity index is 0.000000174. The number of alkyl halides is 6. The van der Waals surface area contributed by atoms with E-state index in [0.29, 0.717) is 36.1 Å². The molecule has 2 atom stereocenters. The van der Waals surface area contributed by atoms with Crippen molar-refractivity contribution in [1.82, 2.24) is 9.80 Å². The van der Waals surface area contributed by atoms with E-state index in [9.17, 15) is 35.9 Å². The molecule has 0 aliphatic carbocycles. The number of hydrogen-bond acceptors (Lipinski definition) is 4. The van der Waals surface area contributed by atoms with Gasteiger partial charge in [0, 0.05) is 53.6 Å².